The van der Waals surface area contributed by atoms with E-state index in [9.17, 15) is 4.79 Å². The summed E-state index contributed by atoms with van der Waals surface area (Å²) in [5, 5.41) is 0.893. The number of aromatic nitrogens is 1. The zero-order valence-electron chi connectivity index (χ0n) is 15.6. The predicted molar refractivity (Wildman–Crippen MR) is 109 cm³/mol. The van der Waals surface area contributed by atoms with E-state index in [1.165, 1.54) is 0 Å². The molecule has 0 N–H and O–H groups in total. The van der Waals surface area contributed by atoms with Crippen LogP contribution in [0.25, 0.3) is 10.9 Å². The molecule has 1 heterocycles. The Labute approximate surface area is 159 Å². The molecule has 2 aromatic rings. The highest BCUT2D eigenvalue weighted by molar-refractivity contribution is 9.10. The Hall–Kier alpha value is -1.11. The van der Waals surface area contributed by atoms with E-state index < -0.39 is 8.07 Å². The van der Waals surface area contributed by atoms with Crippen LogP contribution in [-0.4, -0.2) is 31.8 Å². The molecule has 0 atom stereocenters. The van der Waals surface area contributed by atoms with Crippen LogP contribution in [0.4, 0.5) is 0 Å². The minimum Gasteiger partial charge on any atom is -0.462 e. The number of rotatable bonds is 9. The molecule has 0 amide bonds. The van der Waals surface area contributed by atoms with Gasteiger partial charge in [-0.3, -0.25) is 0 Å². The van der Waals surface area contributed by atoms with Crippen molar-refractivity contribution in [2.75, 3.05) is 13.2 Å². The summed E-state index contributed by atoms with van der Waals surface area (Å²) < 4.78 is 14.2. The van der Waals surface area contributed by atoms with Gasteiger partial charge in [-0.25, -0.2) is 4.79 Å². The maximum absolute atomic E-state index is 12.4. The lowest BCUT2D eigenvalue weighted by Crippen LogP contribution is -2.21. The van der Waals surface area contributed by atoms with Crippen molar-refractivity contribution in [1.29, 1.82) is 0 Å². The van der Waals surface area contributed by atoms with Gasteiger partial charge in [-0.2, -0.15) is 0 Å². The molecular weight excluding hydrogens is 398 g/mol. The third kappa shape index (κ3) is 5.97. The van der Waals surface area contributed by atoms with Crippen molar-refractivity contribution in [3.63, 3.8) is 0 Å². The van der Waals surface area contributed by atoms with Gasteiger partial charge in [0.1, 0.15) is 6.73 Å². The van der Waals surface area contributed by atoms with Gasteiger partial charge < -0.3 is 14.0 Å². The van der Waals surface area contributed by atoms with Crippen molar-refractivity contribution in [3.05, 3.63) is 34.4 Å². The fourth-order valence-electron chi connectivity index (χ4n) is 2.47. The molecule has 4 nitrogen and oxygen atoms in total. The topological polar surface area (TPSA) is 40.5 Å². The number of carbonyl (C=O) groups excluding carboxylic acids is 1. The summed E-state index contributed by atoms with van der Waals surface area (Å²) >= 11 is 3.49. The maximum atomic E-state index is 12.4. The highest BCUT2D eigenvalue weighted by Crippen LogP contribution is 2.26. The molecule has 0 aliphatic rings. The van der Waals surface area contributed by atoms with E-state index in [1.54, 1.807) is 0 Å². The van der Waals surface area contributed by atoms with Crippen LogP contribution in [0.3, 0.4) is 0 Å². The van der Waals surface area contributed by atoms with Gasteiger partial charge in [0, 0.05) is 30.7 Å². The second-order valence-corrected chi connectivity index (χ2v) is 14.0. The number of esters is 1. The number of ether oxygens (including phenoxy) is 2. The lowest BCUT2D eigenvalue weighted by molar-refractivity contribution is 0.0500. The number of hydrogen-bond donors (Lipinski definition) is 0. The van der Waals surface area contributed by atoms with E-state index >= 15 is 0 Å². The van der Waals surface area contributed by atoms with E-state index in [1.807, 2.05) is 29.0 Å². The van der Waals surface area contributed by atoms with Crippen LogP contribution >= 0.6 is 15.9 Å². The summed E-state index contributed by atoms with van der Waals surface area (Å²) in [5.74, 6) is -0.266. The molecule has 0 spiro atoms. The van der Waals surface area contributed by atoms with E-state index in [-0.39, 0.29) is 5.97 Å². The van der Waals surface area contributed by atoms with Gasteiger partial charge in [-0.1, -0.05) is 48.9 Å². The van der Waals surface area contributed by atoms with E-state index in [4.69, 9.17) is 9.47 Å². The summed E-state index contributed by atoms with van der Waals surface area (Å²) in [5.41, 5.74) is 1.58. The monoisotopic (exact) mass is 425 g/mol. The molecule has 0 saturated heterocycles. The standard InChI is InChI=1S/C19H28BrNO3Si/c1-5-6-9-24-19(22)17-13-21(14-23-10-11-25(2,3)4)18-8-7-15(20)12-16(17)18/h7-8,12-13H,5-6,9-11,14H2,1-4H3. The number of halogens is 1. The summed E-state index contributed by atoms with van der Waals surface area (Å²) in [6.07, 6.45) is 3.74. The van der Waals surface area contributed by atoms with Gasteiger partial charge in [0.15, 0.2) is 0 Å². The molecule has 0 bridgehead atoms. The normalized spacial score (nSPS) is 11.9. The molecule has 2 rings (SSSR count). The van der Waals surface area contributed by atoms with E-state index in [2.05, 4.69) is 42.5 Å². The average molecular weight is 426 g/mol. The van der Waals surface area contributed by atoms with Crippen molar-refractivity contribution < 1.29 is 14.3 Å². The van der Waals surface area contributed by atoms with Gasteiger partial charge in [0.2, 0.25) is 0 Å². The molecule has 0 radical (unpaired) electrons. The number of benzene rings is 1. The van der Waals surface area contributed by atoms with Gasteiger partial charge in [-0.05, 0) is 30.7 Å². The van der Waals surface area contributed by atoms with Crippen molar-refractivity contribution in [2.24, 2.45) is 0 Å². The Kier molecular flexibility index (Phi) is 7.28. The molecule has 0 fully saturated rings. The Morgan fingerprint density at radius 3 is 2.68 bits per heavy atom. The van der Waals surface area contributed by atoms with E-state index in [0.717, 1.165) is 40.9 Å². The zero-order chi connectivity index (χ0) is 18.4. The number of fused-ring (bicyclic) bond motifs is 1. The number of carbonyl (C=O) groups is 1. The first-order valence-corrected chi connectivity index (χ1v) is 13.3. The Morgan fingerprint density at radius 1 is 1.24 bits per heavy atom. The van der Waals surface area contributed by atoms with Gasteiger partial charge in [0.25, 0.3) is 0 Å². The molecule has 6 heteroatoms. The molecule has 25 heavy (non-hydrogen) atoms. The van der Waals surface area contributed by atoms with Crippen LogP contribution in [0.1, 0.15) is 30.1 Å². The Morgan fingerprint density at radius 2 is 2.00 bits per heavy atom. The van der Waals surface area contributed by atoms with E-state index in [0.29, 0.717) is 18.9 Å². The summed E-state index contributed by atoms with van der Waals surface area (Å²) in [7, 11) is -1.10. The summed E-state index contributed by atoms with van der Waals surface area (Å²) in [4.78, 5) is 12.4. The van der Waals surface area contributed by atoms with Crippen molar-refractivity contribution in [1.82, 2.24) is 4.57 Å². The molecule has 0 unspecified atom stereocenters. The molecule has 0 aliphatic carbocycles. The minimum atomic E-state index is -1.10. The predicted octanol–water partition coefficient (Wildman–Crippen LogP) is 5.67. The van der Waals surface area contributed by atoms with Crippen LogP contribution in [0.5, 0.6) is 0 Å². The van der Waals surface area contributed by atoms with Gasteiger partial charge in [0.05, 0.1) is 17.7 Å². The van der Waals surface area contributed by atoms with Crippen molar-refractivity contribution in [2.45, 2.75) is 52.2 Å². The first kappa shape index (κ1) is 20.2. The second kappa shape index (κ2) is 9.01. The lowest BCUT2D eigenvalue weighted by atomic mass is 10.2. The number of hydrogen-bond acceptors (Lipinski definition) is 3. The van der Waals surface area contributed by atoms with Crippen LogP contribution in [0, 0.1) is 0 Å². The molecule has 1 aromatic carbocycles. The SMILES string of the molecule is CCCCOC(=O)c1cn(COCC[Si](C)(C)C)c2ccc(Br)cc12. The summed E-state index contributed by atoms with van der Waals surface area (Å²) in [6, 6.07) is 7.07. The largest absolute Gasteiger partial charge is 0.462 e. The third-order valence-corrected chi connectivity index (χ3v) is 6.22. The van der Waals surface area contributed by atoms with Crippen LogP contribution in [0.15, 0.2) is 28.9 Å². The number of unbranched alkanes of at least 4 members (excludes halogenated alkanes) is 1. The fraction of sp³-hybridized carbons (Fsp3) is 0.526. The maximum Gasteiger partial charge on any atom is 0.340 e. The third-order valence-electron chi connectivity index (χ3n) is 4.02. The molecule has 1 aromatic heterocycles. The molecule has 0 saturated carbocycles. The first-order valence-electron chi connectivity index (χ1n) is 8.85. The second-order valence-electron chi connectivity index (χ2n) is 7.51. The highest BCUT2D eigenvalue weighted by Gasteiger charge is 2.17. The van der Waals surface area contributed by atoms with Crippen molar-refractivity contribution in [3.8, 4) is 0 Å². The molecule has 0 aliphatic heterocycles. The first-order chi connectivity index (χ1) is 11.8. The van der Waals surface area contributed by atoms with Gasteiger partial charge in [-0.15, -0.1) is 0 Å². The van der Waals surface area contributed by atoms with Crippen LogP contribution < -0.4 is 0 Å². The molecule has 138 valence electrons. The zero-order valence-corrected chi connectivity index (χ0v) is 18.2. The average Bonchev–Trinajstić information content (AvgIpc) is 2.89. The smallest absolute Gasteiger partial charge is 0.340 e. The fourth-order valence-corrected chi connectivity index (χ4v) is 3.58. The lowest BCUT2D eigenvalue weighted by Gasteiger charge is -2.15. The van der Waals surface area contributed by atoms with Gasteiger partial charge >= 0.3 is 5.97 Å². The van der Waals surface area contributed by atoms with Crippen LogP contribution in [0.2, 0.25) is 25.7 Å². The Balaban J connectivity index is 2.16. The number of nitrogens with zero attached hydrogens (tertiary/aromatic N) is 1. The quantitative estimate of drug-likeness (QED) is 0.295. The van der Waals surface area contributed by atoms with Crippen molar-refractivity contribution >= 4 is 40.9 Å². The molecular formula is C19H28BrNO3Si. The Bertz CT molecular complexity index is 721. The minimum absolute atomic E-state index is 0.266. The summed E-state index contributed by atoms with van der Waals surface area (Å²) in [6.45, 7) is 10.8. The highest BCUT2D eigenvalue weighted by atomic mass is 79.9. The van der Waals surface area contributed by atoms with Crippen LogP contribution in [-0.2, 0) is 16.2 Å².